The van der Waals surface area contributed by atoms with E-state index in [9.17, 15) is 0 Å². The van der Waals surface area contributed by atoms with Crippen molar-refractivity contribution in [1.82, 2.24) is 0 Å². The SMILES string of the molecule is C.CCCCCC(CCCC)CCCCC. The minimum atomic E-state index is 0. The molecule has 16 heavy (non-hydrogen) atoms. The molecular formula is C16H36. The van der Waals surface area contributed by atoms with Crippen LogP contribution in [0.2, 0.25) is 0 Å². The molecule has 0 aliphatic heterocycles. The van der Waals surface area contributed by atoms with Gasteiger partial charge in [0.1, 0.15) is 0 Å². The first-order valence-corrected chi connectivity index (χ1v) is 7.35. The molecular weight excluding hydrogens is 192 g/mol. The van der Waals surface area contributed by atoms with Gasteiger partial charge in [-0.3, -0.25) is 0 Å². The standard InChI is InChI=1S/C15H32.CH4/c1-4-7-10-13-15(12-9-6-3)14-11-8-5-2;/h15H,4-14H2,1-3H3;1H4. The Hall–Kier alpha value is 0. The molecule has 0 heteroatoms. The average Bonchev–Trinajstić information content (AvgIpc) is 2.25. The molecule has 0 aliphatic carbocycles. The lowest BCUT2D eigenvalue weighted by molar-refractivity contribution is 0.376. The Bertz CT molecular complexity index is 96.6. The van der Waals surface area contributed by atoms with Gasteiger partial charge in [-0.1, -0.05) is 98.8 Å². The van der Waals surface area contributed by atoms with E-state index in [-0.39, 0.29) is 7.43 Å². The fourth-order valence-electron chi connectivity index (χ4n) is 2.29. The summed E-state index contributed by atoms with van der Waals surface area (Å²) in [6.45, 7) is 6.92. The molecule has 0 aromatic carbocycles. The van der Waals surface area contributed by atoms with E-state index in [0.29, 0.717) is 0 Å². The minimum absolute atomic E-state index is 0. The van der Waals surface area contributed by atoms with Crippen LogP contribution >= 0.6 is 0 Å². The van der Waals surface area contributed by atoms with Crippen molar-refractivity contribution in [1.29, 1.82) is 0 Å². The highest BCUT2D eigenvalue weighted by Crippen LogP contribution is 2.22. The molecule has 0 nitrogen and oxygen atoms in total. The first kappa shape index (κ1) is 18.4. The number of hydrogen-bond donors (Lipinski definition) is 0. The monoisotopic (exact) mass is 228 g/mol. The van der Waals surface area contributed by atoms with Gasteiger partial charge in [-0.2, -0.15) is 0 Å². The smallest absolute Gasteiger partial charge is 0.0414 e. The molecule has 0 fully saturated rings. The molecule has 0 aromatic rings. The molecule has 0 aromatic heterocycles. The van der Waals surface area contributed by atoms with Gasteiger partial charge in [0.2, 0.25) is 0 Å². The normalized spacial score (nSPS) is 10.5. The van der Waals surface area contributed by atoms with Crippen LogP contribution in [0.4, 0.5) is 0 Å². The van der Waals surface area contributed by atoms with Gasteiger partial charge >= 0.3 is 0 Å². The third kappa shape index (κ3) is 12.1. The molecule has 0 rings (SSSR count). The molecule has 0 bridgehead atoms. The van der Waals surface area contributed by atoms with E-state index in [4.69, 9.17) is 0 Å². The summed E-state index contributed by atoms with van der Waals surface area (Å²) in [5.74, 6) is 1.04. The Morgan fingerprint density at radius 3 is 1.31 bits per heavy atom. The molecule has 0 atom stereocenters. The van der Waals surface area contributed by atoms with E-state index in [2.05, 4.69) is 20.8 Å². The Kier molecular flexibility index (Phi) is 17.2. The van der Waals surface area contributed by atoms with Crippen LogP contribution in [0.3, 0.4) is 0 Å². The maximum atomic E-state index is 2.31. The van der Waals surface area contributed by atoms with Gasteiger partial charge in [0.15, 0.2) is 0 Å². The molecule has 0 spiro atoms. The Morgan fingerprint density at radius 1 is 0.562 bits per heavy atom. The molecule has 0 heterocycles. The van der Waals surface area contributed by atoms with E-state index >= 15 is 0 Å². The largest absolute Gasteiger partial charge is 0.0776 e. The summed E-state index contributed by atoms with van der Waals surface area (Å²) in [4.78, 5) is 0. The molecule has 0 saturated carbocycles. The van der Waals surface area contributed by atoms with Crippen molar-refractivity contribution >= 4 is 0 Å². The van der Waals surface area contributed by atoms with Crippen molar-refractivity contribution in [2.75, 3.05) is 0 Å². The molecule has 100 valence electrons. The highest BCUT2D eigenvalue weighted by molar-refractivity contribution is 4.60. The summed E-state index contributed by atoms with van der Waals surface area (Å²) in [6.07, 6.45) is 15.9. The van der Waals surface area contributed by atoms with Crippen LogP contribution in [0.1, 0.15) is 98.8 Å². The van der Waals surface area contributed by atoms with Gasteiger partial charge < -0.3 is 0 Å². The third-order valence-electron chi connectivity index (χ3n) is 3.40. The van der Waals surface area contributed by atoms with Crippen LogP contribution in [0.15, 0.2) is 0 Å². The Balaban J connectivity index is 0. The zero-order valence-corrected chi connectivity index (χ0v) is 11.4. The number of rotatable bonds is 11. The lowest BCUT2D eigenvalue weighted by Crippen LogP contribution is -2.01. The van der Waals surface area contributed by atoms with Crippen molar-refractivity contribution < 1.29 is 0 Å². The van der Waals surface area contributed by atoms with Crippen LogP contribution in [0.25, 0.3) is 0 Å². The zero-order valence-electron chi connectivity index (χ0n) is 11.4. The van der Waals surface area contributed by atoms with Crippen molar-refractivity contribution in [3.63, 3.8) is 0 Å². The van der Waals surface area contributed by atoms with E-state index < -0.39 is 0 Å². The summed E-state index contributed by atoms with van der Waals surface area (Å²) < 4.78 is 0. The summed E-state index contributed by atoms with van der Waals surface area (Å²) >= 11 is 0. The fourth-order valence-corrected chi connectivity index (χ4v) is 2.29. The number of unbranched alkanes of at least 4 members (excludes halogenated alkanes) is 5. The van der Waals surface area contributed by atoms with Crippen LogP contribution in [-0.2, 0) is 0 Å². The molecule has 0 N–H and O–H groups in total. The van der Waals surface area contributed by atoms with Gasteiger partial charge in [-0.25, -0.2) is 0 Å². The number of hydrogen-bond acceptors (Lipinski definition) is 0. The van der Waals surface area contributed by atoms with Gasteiger partial charge in [0.05, 0.1) is 0 Å². The van der Waals surface area contributed by atoms with E-state index in [0.717, 1.165) is 5.92 Å². The minimum Gasteiger partial charge on any atom is -0.0776 e. The van der Waals surface area contributed by atoms with Crippen molar-refractivity contribution in [2.45, 2.75) is 98.8 Å². The van der Waals surface area contributed by atoms with Crippen molar-refractivity contribution in [3.8, 4) is 0 Å². The van der Waals surface area contributed by atoms with Gasteiger partial charge in [0.25, 0.3) is 0 Å². The van der Waals surface area contributed by atoms with Gasteiger partial charge in [-0.05, 0) is 5.92 Å². The quantitative estimate of drug-likeness (QED) is 0.350. The van der Waals surface area contributed by atoms with E-state index in [1.165, 1.54) is 70.6 Å². The molecule has 0 unspecified atom stereocenters. The third-order valence-corrected chi connectivity index (χ3v) is 3.40. The molecule has 0 radical (unpaired) electrons. The molecule has 0 amide bonds. The van der Waals surface area contributed by atoms with Crippen molar-refractivity contribution in [3.05, 3.63) is 0 Å². The fraction of sp³-hybridized carbons (Fsp3) is 1.00. The Morgan fingerprint density at radius 2 is 0.938 bits per heavy atom. The van der Waals surface area contributed by atoms with E-state index in [1.54, 1.807) is 0 Å². The van der Waals surface area contributed by atoms with Gasteiger partial charge in [0, 0.05) is 0 Å². The van der Waals surface area contributed by atoms with Crippen LogP contribution in [0.5, 0.6) is 0 Å². The maximum Gasteiger partial charge on any atom is -0.0414 e. The second-order valence-electron chi connectivity index (χ2n) is 5.00. The topological polar surface area (TPSA) is 0 Å². The highest BCUT2D eigenvalue weighted by atomic mass is 14.1. The van der Waals surface area contributed by atoms with Crippen LogP contribution in [0, 0.1) is 5.92 Å². The molecule has 0 saturated heterocycles. The second kappa shape index (κ2) is 15.0. The van der Waals surface area contributed by atoms with Crippen molar-refractivity contribution in [2.24, 2.45) is 5.92 Å². The van der Waals surface area contributed by atoms with Crippen LogP contribution < -0.4 is 0 Å². The average molecular weight is 228 g/mol. The van der Waals surface area contributed by atoms with E-state index in [1.807, 2.05) is 0 Å². The lowest BCUT2D eigenvalue weighted by Gasteiger charge is -2.16. The predicted molar refractivity (Wildman–Crippen MR) is 78.0 cm³/mol. The highest BCUT2D eigenvalue weighted by Gasteiger charge is 2.07. The second-order valence-corrected chi connectivity index (χ2v) is 5.00. The summed E-state index contributed by atoms with van der Waals surface area (Å²) in [6, 6.07) is 0. The lowest BCUT2D eigenvalue weighted by atomic mass is 9.90. The summed E-state index contributed by atoms with van der Waals surface area (Å²) in [5.41, 5.74) is 0. The zero-order chi connectivity index (χ0) is 11.4. The van der Waals surface area contributed by atoms with Crippen LogP contribution in [-0.4, -0.2) is 0 Å². The Labute approximate surface area is 105 Å². The summed E-state index contributed by atoms with van der Waals surface area (Å²) in [5, 5.41) is 0. The first-order chi connectivity index (χ1) is 7.35. The molecule has 0 aliphatic rings. The summed E-state index contributed by atoms with van der Waals surface area (Å²) in [7, 11) is 0. The maximum absolute atomic E-state index is 2.31. The predicted octanol–water partition coefficient (Wildman–Crippen LogP) is 6.59. The van der Waals surface area contributed by atoms with Gasteiger partial charge in [-0.15, -0.1) is 0 Å². The first-order valence-electron chi connectivity index (χ1n) is 7.35.